The van der Waals surface area contributed by atoms with Gasteiger partial charge in [0.2, 0.25) is 0 Å². The summed E-state index contributed by atoms with van der Waals surface area (Å²) >= 11 is 0. The molecule has 136 valence electrons. The number of ether oxygens (including phenoxy) is 1. The molecule has 1 aliphatic heterocycles. The highest BCUT2D eigenvalue weighted by Crippen LogP contribution is 2.32. The molecule has 0 atom stereocenters. The van der Waals surface area contributed by atoms with Gasteiger partial charge in [-0.2, -0.15) is 0 Å². The third-order valence-corrected chi connectivity index (χ3v) is 4.17. The lowest BCUT2D eigenvalue weighted by Crippen LogP contribution is -2.36. The van der Waals surface area contributed by atoms with Crippen molar-refractivity contribution in [3.05, 3.63) is 76.9 Å². The molecule has 1 heterocycles. The van der Waals surface area contributed by atoms with Crippen LogP contribution in [0.25, 0.3) is 0 Å². The van der Waals surface area contributed by atoms with Crippen LogP contribution in [0.3, 0.4) is 0 Å². The molecule has 0 saturated carbocycles. The van der Waals surface area contributed by atoms with Gasteiger partial charge in [0.1, 0.15) is 6.29 Å². The Kier molecular flexibility index (Phi) is 7.30. The number of benzene rings is 2. The SMILES string of the molecule is CCOC.Cc1ccc2c(c1)C/C(=C\C=O)C(=O)N2Cc1ccccc1. The maximum atomic E-state index is 12.7. The Hall–Kier alpha value is -2.72. The minimum Gasteiger partial charge on any atom is -0.385 e. The summed E-state index contributed by atoms with van der Waals surface area (Å²) in [5.74, 6) is -0.0905. The van der Waals surface area contributed by atoms with Gasteiger partial charge in [-0.3, -0.25) is 9.59 Å². The van der Waals surface area contributed by atoms with Crippen molar-refractivity contribution in [2.75, 3.05) is 18.6 Å². The molecule has 2 aromatic rings. The Balaban J connectivity index is 0.000000552. The largest absolute Gasteiger partial charge is 0.385 e. The summed E-state index contributed by atoms with van der Waals surface area (Å²) in [5.41, 5.74) is 4.78. The maximum Gasteiger partial charge on any atom is 0.254 e. The molecule has 0 radical (unpaired) electrons. The minimum atomic E-state index is -0.0905. The number of carbonyl (C=O) groups is 2. The number of rotatable bonds is 4. The second-order valence-corrected chi connectivity index (χ2v) is 6.09. The van der Waals surface area contributed by atoms with E-state index in [-0.39, 0.29) is 5.91 Å². The highest BCUT2D eigenvalue weighted by atomic mass is 16.5. The lowest BCUT2D eigenvalue weighted by molar-refractivity contribution is -0.116. The Morgan fingerprint density at radius 1 is 1.15 bits per heavy atom. The van der Waals surface area contributed by atoms with Gasteiger partial charge >= 0.3 is 0 Å². The van der Waals surface area contributed by atoms with Gasteiger partial charge in [0.15, 0.2) is 0 Å². The number of nitrogens with zero attached hydrogens (tertiary/aromatic N) is 1. The van der Waals surface area contributed by atoms with Gasteiger partial charge in [-0.15, -0.1) is 0 Å². The van der Waals surface area contributed by atoms with Crippen molar-refractivity contribution in [2.24, 2.45) is 0 Å². The zero-order chi connectivity index (χ0) is 18.9. The van der Waals surface area contributed by atoms with Gasteiger partial charge in [0, 0.05) is 31.4 Å². The monoisotopic (exact) mass is 351 g/mol. The van der Waals surface area contributed by atoms with Crippen molar-refractivity contribution in [2.45, 2.75) is 26.8 Å². The van der Waals surface area contributed by atoms with Gasteiger partial charge in [0.05, 0.1) is 6.54 Å². The number of fused-ring (bicyclic) bond motifs is 1. The van der Waals surface area contributed by atoms with Crippen molar-refractivity contribution in [3.8, 4) is 0 Å². The molecular formula is C22H25NO3. The molecule has 2 aromatic carbocycles. The Morgan fingerprint density at radius 3 is 2.46 bits per heavy atom. The van der Waals surface area contributed by atoms with E-state index in [9.17, 15) is 9.59 Å². The lowest BCUT2D eigenvalue weighted by Gasteiger charge is -2.31. The summed E-state index contributed by atoms with van der Waals surface area (Å²) in [5, 5.41) is 0. The highest BCUT2D eigenvalue weighted by Gasteiger charge is 2.28. The average Bonchev–Trinajstić information content (AvgIpc) is 2.66. The van der Waals surface area contributed by atoms with E-state index in [0.717, 1.165) is 29.0 Å². The molecule has 0 unspecified atom stereocenters. The molecule has 3 rings (SSSR count). The second kappa shape index (κ2) is 9.68. The predicted octanol–water partition coefficient (Wildman–Crippen LogP) is 3.86. The lowest BCUT2D eigenvalue weighted by atomic mass is 9.94. The first-order valence-electron chi connectivity index (χ1n) is 8.69. The third-order valence-electron chi connectivity index (χ3n) is 4.17. The molecule has 1 aliphatic rings. The number of amides is 1. The fraction of sp³-hybridized carbons (Fsp3) is 0.273. The molecule has 0 aliphatic carbocycles. The van der Waals surface area contributed by atoms with Gasteiger partial charge in [-0.05, 0) is 37.1 Å². The molecule has 0 N–H and O–H groups in total. The number of allylic oxidation sites excluding steroid dienone is 1. The van der Waals surface area contributed by atoms with Crippen LogP contribution in [-0.4, -0.2) is 25.9 Å². The summed E-state index contributed by atoms with van der Waals surface area (Å²) in [6, 6.07) is 16.0. The zero-order valence-corrected chi connectivity index (χ0v) is 15.6. The first-order chi connectivity index (χ1) is 12.6. The normalized spacial score (nSPS) is 14.5. The number of anilines is 1. The summed E-state index contributed by atoms with van der Waals surface area (Å²) in [7, 11) is 1.68. The molecule has 4 heteroatoms. The smallest absolute Gasteiger partial charge is 0.254 e. The summed E-state index contributed by atoms with van der Waals surface area (Å²) in [4.78, 5) is 25.2. The van der Waals surface area contributed by atoms with Crippen molar-refractivity contribution in [1.82, 2.24) is 0 Å². The van der Waals surface area contributed by atoms with E-state index in [1.54, 1.807) is 12.0 Å². The standard InChI is InChI=1S/C19H17NO2.C3H8O/c1-14-7-8-18-17(11-14)12-16(9-10-21)19(22)20(18)13-15-5-3-2-4-6-15;1-3-4-2/h2-11H,12-13H2,1H3;3H2,1-2H3/b16-9+;. The first-order valence-corrected chi connectivity index (χ1v) is 8.69. The van der Waals surface area contributed by atoms with E-state index >= 15 is 0 Å². The molecule has 0 saturated heterocycles. The predicted molar refractivity (Wildman–Crippen MR) is 104 cm³/mol. The first kappa shape index (κ1) is 19.6. The van der Waals surface area contributed by atoms with Crippen LogP contribution in [0.5, 0.6) is 0 Å². The quantitative estimate of drug-likeness (QED) is 0.621. The van der Waals surface area contributed by atoms with Crippen LogP contribution >= 0.6 is 0 Å². The zero-order valence-electron chi connectivity index (χ0n) is 15.6. The third kappa shape index (κ3) is 4.90. The molecule has 0 spiro atoms. The van der Waals surface area contributed by atoms with Crippen molar-refractivity contribution in [3.63, 3.8) is 0 Å². The van der Waals surface area contributed by atoms with E-state index in [4.69, 9.17) is 0 Å². The molecule has 26 heavy (non-hydrogen) atoms. The molecule has 0 aromatic heterocycles. The highest BCUT2D eigenvalue weighted by molar-refractivity contribution is 6.10. The fourth-order valence-electron chi connectivity index (χ4n) is 2.82. The summed E-state index contributed by atoms with van der Waals surface area (Å²) < 4.78 is 4.54. The summed E-state index contributed by atoms with van der Waals surface area (Å²) in [6.07, 6.45) is 2.58. The maximum absolute atomic E-state index is 12.7. The second-order valence-electron chi connectivity index (χ2n) is 6.09. The fourth-order valence-corrected chi connectivity index (χ4v) is 2.82. The van der Waals surface area contributed by atoms with Crippen molar-refractivity contribution < 1.29 is 14.3 Å². The molecule has 0 fully saturated rings. The van der Waals surface area contributed by atoms with Crippen LogP contribution in [0.1, 0.15) is 23.6 Å². The van der Waals surface area contributed by atoms with Gasteiger partial charge in [0.25, 0.3) is 5.91 Å². The van der Waals surface area contributed by atoms with E-state index in [1.807, 2.05) is 56.3 Å². The summed E-state index contributed by atoms with van der Waals surface area (Å²) in [6.45, 7) is 5.31. The van der Waals surface area contributed by atoms with Gasteiger partial charge in [-0.25, -0.2) is 0 Å². The number of aryl methyl sites for hydroxylation is 1. The molecule has 4 nitrogen and oxygen atoms in total. The number of hydrogen-bond acceptors (Lipinski definition) is 3. The van der Waals surface area contributed by atoms with Crippen molar-refractivity contribution in [1.29, 1.82) is 0 Å². The number of carbonyl (C=O) groups excluding carboxylic acids is 2. The van der Waals surface area contributed by atoms with E-state index in [1.165, 1.54) is 6.08 Å². The van der Waals surface area contributed by atoms with Gasteiger partial charge < -0.3 is 9.64 Å². The van der Waals surface area contributed by atoms with Crippen LogP contribution in [-0.2, 0) is 27.3 Å². The molecule has 1 amide bonds. The van der Waals surface area contributed by atoms with E-state index in [0.29, 0.717) is 24.8 Å². The Labute approximate surface area is 155 Å². The van der Waals surface area contributed by atoms with Gasteiger partial charge in [-0.1, -0.05) is 48.0 Å². The van der Waals surface area contributed by atoms with Crippen LogP contribution in [0.2, 0.25) is 0 Å². The topological polar surface area (TPSA) is 46.6 Å². The number of aldehydes is 1. The number of hydrogen-bond donors (Lipinski definition) is 0. The molecule has 0 bridgehead atoms. The molecular weight excluding hydrogens is 326 g/mol. The van der Waals surface area contributed by atoms with E-state index in [2.05, 4.69) is 10.8 Å². The van der Waals surface area contributed by atoms with Crippen LogP contribution in [0, 0.1) is 6.92 Å². The Morgan fingerprint density at radius 2 is 1.85 bits per heavy atom. The average molecular weight is 351 g/mol. The van der Waals surface area contributed by atoms with Crippen LogP contribution in [0.4, 0.5) is 5.69 Å². The number of methoxy groups -OCH3 is 1. The van der Waals surface area contributed by atoms with Crippen molar-refractivity contribution >= 4 is 17.9 Å². The Bertz CT molecular complexity index is 779. The minimum absolute atomic E-state index is 0.0905. The van der Waals surface area contributed by atoms with E-state index < -0.39 is 0 Å². The van der Waals surface area contributed by atoms with Crippen LogP contribution < -0.4 is 4.90 Å². The van der Waals surface area contributed by atoms with Crippen LogP contribution in [0.15, 0.2) is 60.2 Å².